The molecule has 1 aromatic rings. The summed E-state index contributed by atoms with van der Waals surface area (Å²) in [6.07, 6.45) is 3.78. The van der Waals surface area contributed by atoms with Crippen molar-refractivity contribution < 1.29 is 8.42 Å². The number of sulfonamides is 1. The van der Waals surface area contributed by atoms with Crippen molar-refractivity contribution in [3.63, 3.8) is 0 Å². The topological polar surface area (TPSA) is 76.0 Å². The molecule has 2 N–H and O–H groups in total. The van der Waals surface area contributed by atoms with E-state index in [0.29, 0.717) is 0 Å². The molecule has 2 rings (SSSR count). The largest absolute Gasteiger partial charge is 0.313 e. The van der Waals surface area contributed by atoms with E-state index < -0.39 is 10.0 Å². The monoisotopic (exact) mass is 258 g/mol. The number of rotatable bonds is 5. The minimum atomic E-state index is -3.22. The molecule has 1 unspecified atom stereocenters. The van der Waals surface area contributed by atoms with Crippen LogP contribution in [0.5, 0.6) is 0 Å². The first kappa shape index (κ1) is 12.5. The average molecular weight is 258 g/mol. The van der Waals surface area contributed by atoms with Crippen molar-refractivity contribution in [2.24, 2.45) is 7.05 Å². The second kappa shape index (κ2) is 5.16. The first-order valence-corrected chi connectivity index (χ1v) is 7.40. The van der Waals surface area contributed by atoms with Crippen LogP contribution in [-0.2, 0) is 23.6 Å². The van der Waals surface area contributed by atoms with E-state index in [2.05, 4.69) is 15.1 Å². The second-order valence-corrected chi connectivity index (χ2v) is 6.23. The Labute approximate surface area is 101 Å². The maximum atomic E-state index is 11.8. The Balaban J connectivity index is 1.84. The van der Waals surface area contributed by atoms with Crippen LogP contribution < -0.4 is 10.0 Å². The van der Waals surface area contributed by atoms with Gasteiger partial charge in [-0.05, 0) is 25.5 Å². The van der Waals surface area contributed by atoms with Gasteiger partial charge in [-0.2, -0.15) is 5.10 Å². The highest BCUT2D eigenvalue weighted by atomic mass is 32.2. The molecular weight excluding hydrogens is 240 g/mol. The predicted octanol–water partition coefficient (Wildman–Crippen LogP) is -0.408. The highest BCUT2D eigenvalue weighted by molar-refractivity contribution is 7.89. The lowest BCUT2D eigenvalue weighted by atomic mass is 10.3. The van der Waals surface area contributed by atoms with Gasteiger partial charge >= 0.3 is 0 Å². The van der Waals surface area contributed by atoms with Gasteiger partial charge in [0.25, 0.3) is 0 Å². The van der Waals surface area contributed by atoms with Gasteiger partial charge in [-0.15, -0.1) is 0 Å². The molecule has 2 heterocycles. The van der Waals surface area contributed by atoms with Crippen molar-refractivity contribution in [3.05, 3.63) is 18.0 Å². The van der Waals surface area contributed by atoms with Crippen LogP contribution in [0.1, 0.15) is 18.5 Å². The number of hydrogen-bond donors (Lipinski definition) is 2. The molecule has 1 saturated heterocycles. The Kier molecular flexibility index (Phi) is 3.80. The highest BCUT2D eigenvalue weighted by Gasteiger charge is 2.21. The van der Waals surface area contributed by atoms with Gasteiger partial charge in [0.1, 0.15) is 0 Å². The van der Waals surface area contributed by atoms with Gasteiger partial charge in [0, 0.05) is 19.3 Å². The quantitative estimate of drug-likeness (QED) is 0.753. The summed E-state index contributed by atoms with van der Waals surface area (Å²) in [6.45, 7) is 1.18. The van der Waals surface area contributed by atoms with Crippen LogP contribution in [0, 0.1) is 0 Å². The first-order valence-electron chi connectivity index (χ1n) is 5.74. The molecule has 1 aliphatic heterocycles. The Hall–Kier alpha value is -0.920. The molecule has 7 heteroatoms. The molecule has 1 fully saturated rings. The molecule has 1 aromatic heterocycles. The van der Waals surface area contributed by atoms with Gasteiger partial charge in [0.05, 0.1) is 18.0 Å². The van der Waals surface area contributed by atoms with E-state index in [4.69, 9.17) is 0 Å². The third-order valence-corrected chi connectivity index (χ3v) is 4.25. The maximum Gasteiger partial charge on any atom is 0.213 e. The molecule has 0 aromatic carbocycles. The van der Waals surface area contributed by atoms with Gasteiger partial charge in [-0.3, -0.25) is 4.68 Å². The smallest absolute Gasteiger partial charge is 0.213 e. The Bertz CT molecular complexity index is 462. The van der Waals surface area contributed by atoms with Crippen molar-refractivity contribution in [1.82, 2.24) is 19.8 Å². The zero-order chi connectivity index (χ0) is 12.3. The lowest BCUT2D eigenvalue weighted by Crippen LogP contribution is -2.36. The molecule has 0 aliphatic carbocycles. The summed E-state index contributed by atoms with van der Waals surface area (Å²) in [4.78, 5) is 0. The van der Waals surface area contributed by atoms with E-state index >= 15 is 0 Å². The van der Waals surface area contributed by atoms with Crippen molar-refractivity contribution in [1.29, 1.82) is 0 Å². The summed E-state index contributed by atoms with van der Waals surface area (Å²) in [5.74, 6) is 0.153. The number of nitrogens with zero attached hydrogens (tertiary/aromatic N) is 2. The lowest BCUT2D eigenvalue weighted by Gasteiger charge is -2.11. The molecule has 0 radical (unpaired) electrons. The third kappa shape index (κ3) is 3.79. The Morgan fingerprint density at radius 2 is 2.47 bits per heavy atom. The molecule has 1 aliphatic rings. The maximum absolute atomic E-state index is 11.8. The molecule has 1 atom stereocenters. The van der Waals surface area contributed by atoms with E-state index in [1.165, 1.54) is 0 Å². The van der Waals surface area contributed by atoms with E-state index in [1.807, 2.05) is 0 Å². The molecule has 0 saturated carbocycles. The zero-order valence-corrected chi connectivity index (χ0v) is 10.7. The molecule has 0 bridgehead atoms. The Morgan fingerprint density at radius 1 is 1.65 bits per heavy atom. The minimum Gasteiger partial charge on any atom is -0.313 e. The van der Waals surface area contributed by atoms with Crippen LogP contribution in [0.3, 0.4) is 0 Å². The standard InChI is InChI=1S/C10H18N4O2S/c1-14-6-4-9(13-14)7-12-17(15,16)8-10-3-2-5-11-10/h4,6,10-12H,2-3,5,7-8H2,1H3. The summed E-state index contributed by atoms with van der Waals surface area (Å²) in [7, 11) is -1.41. The number of aromatic nitrogens is 2. The SMILES string of the molecule is Cn1ccc(CNS(=O)(=O)CC2CCCN2)n1. The van der Waals surface area contributed by atoms with Crippen molar-refractivity contribution in [2.75, 3.05) is 12.3 Å². The first-order chi connectivity index (χ1) is 8.05. The molecule has 96 valence electrons. The number of nitrogens with one attached hydrogen (secondary N) is 2. The van der Waals surface area contributed by atoms with Crippen LogP contribution in [0.2, 0.25) is 0 Å². The molecule has 0 amide bonds. The van der Waals surface area contributed by atoms with Gasteiger partial charge in [0.2, 0.25) is 10.0 Å². The summed E-state index contributed by atoms with van der Waals surface area (Å²) in [6, 6.07) is 1.90. The van der Waals surface area contributed by atoms with Crippen LogP contribution >= 0.6 is 0 Å². The highest BCUT2D eigenvalue weighted by Crippen LogP contribution is 2.07. The normalized spacial score (nSPS) is 20.9. The van der Waals surface area contributed by atoms with Gasteiger partial charge < -0.3 is 5.32 Å². The Morgan fingerprint density at radius 3 is 3.06 bits per heavy atom. The molecule has 0 spiro atoms. The molecular formula is C10H18N4O2S. The minimum absolute atomic E-state index is 0.0937. The fourth-order valence-electron chi connectivity index (χ4n) is 1.96. The fraction of sp³-hybridized carbons (Fsp3) is 0.700. The fourth-order valence-corrected chi connectivity index (χ4v) is 3.26. The zero-order valence-electron chi connectivity index (χ0n) is 9.89. The van der Waals surface area contributed by atoms with Crippen LogP contribution in [0.4, 0.5) is 0 Å². The average Bonchev–Trinajstić information content (AvgIpc) is 2.86. The van der Waals surface area contributed by atoms with E-state index in [0.717, 1.165) is 25.1 Å². The predicted molar refractivity (Wildman–Crippen MR) is 64.9 cm³/mol. The molecule has 6 nitrogen and oxygen atoms in total. The summed E-state index contributed by atoms with van der Waals surface area (Å²) in [5.41, 5.74) is 0.732. The lowest BCUT2D eigenvalue weighted by molar-refractivity contribution is 0.562. The van der Waals surface area contributed by atoms with Crippen molar-refractivity contribution in [2.45, 2.75) is 25.4 Å². The van der Waals surface area contributed by atoms with Gasteiger partial charge in [0.15, 0.2) is 0 Å². The molecule has 17 heavy (non-hydrogen) atoms. The van der Waals surface area contributed by atoms with Crippen molar-refractivity contribution >= 4 is 10.0 Å². The number of aryl methyl sites for hydroxylation is 1. The van der Waals surface area contributed by atoms with Gasteiger partial charge in [-0.1, -0.05) is 0 Å². The van der Waals surface area contributed by atoms with Gasteiger partial charge in [-0.25, -0.2) is 13.1 Å². The van der Waals surface area contributed by atoms with Crippen LogP contribution in [0.25, 0.3) is 0 Å². The van der Waals surface area contributed by atoms with E-state index in [-0.39, 0.29) is 18.3 Å². The second-order valence-electron chi connectivity index (χ2n) is 4.38. The third-order valence-electron chi connectivity index (χ3n) is 2.83. The van der Waals surface area contributed by atoms with Crippen molar-refractivity contribution in [3.8, 4) is 0 Å². The van der Waals surface area contributed by atoms with Crippen LogP contribution in [0.15, 0.2) is 12.3 Å². The van der Waals surface area contributed by atoms with E-state index in [1.54, 1.807) is 24.0 Å². The summed E-state index contributed by atoms with van der Waals surface area (Å²) >= 11 is 0. The summed E-state index contributed by atoms with van der Waals surface area (Å²) < 4.78 is 27.8. The van der Waals surface area contributed by atoms with Crippen LogP contribution in [-0.4, -0.2) is 36.5 Å². The number of hydrogen-bond acceptors (Lipinski definition) is 4. The summed E-state index contributed by atoms with van der Waals surface area (Å²) in [5, 5.41) is 7.30. The van der Waals surface area contributed by atoms with E-state index in [9.17, 15) is 8.42 Å².